The van der Waals surface area contributed by atoms with E-state index in [9.17, 15) is 9.59 Å². The van der Waals surface area contributed by atoms with Gasteiger partial charge in [0, 0.05) is 5.92 Å². The van der Waals surface area contributed by atoms with Gasteiger partial charge in [0.25, 0.3) is 5.91 Å². The van der Waals surface area contributed by atoms with E-state index >= 15 is 0 Å². The third-order valence-electron chi connectivity index (χ3n) is 3.85. The van der Waals surface area contributed by atoms with Gasteiger partial charge in [-0.25, -0.2) is 4.79 Å². The number of aromatic nitrogens is 1. The van der Waals surface area contributed by atoms with Crippen LogP contribution in [0.3, 0.4) is 0 Å². The van der Waals surface area contributed by atoms with E-state index in [0.717, 1.165) is 36.9 Å². The lowest BCUT2D eigenvalue weighted by Gasteiger charge is -2.17. The fourth-order valence-corrected chi connectivity index (χ4v) is 2.80. The number of primary amides is 1. The van der Waals surface area contributed by atoms with Gasteiger partial charge < -0.3 is 21.9 Å². The Balaban J connectivity index is 2.37. The van der Waals surface area contributed by atoms with Crippen molar-refractivity contribution in [3.05, 3.63) is 28.6 Å². The maximum Gasteiger partial charge on any atom is 0.404 e. The lowest BCUT2D eigenvalue weighted by atomic mass is 9.96. The number of amides is 2. The number of nitrogens with zero attached hydrogens (tertiary/aromatic N) is 2. The summed E-state index contributed by atoms with van der Waals surface area (Å²) in [7, 11) is 0. The Kier molecular flexibility index (Phi) is 5.15. The number of carbonyl (C=O) groups excluding carboxylic acids is 2. The molecule has 2 rings (SSSR count). The summed E-state index contributed by atoms with van der Waals surface area (Å²) < 4.78 is 4.94. The number of ether oxygens (including phenoxy) is 1. The molecule has 1 atom stereocenters. The molecule has 8 nitrogen and oxygen atoms in total. The maximum absolute atomic E-state index is 12.1. The van der Waals surface area contributed by atoms with Crippen molar-refractivity contribution in [3.8, 4) is 0 Å². The van der Waals surface area contributed by atoms with Crippen molar-refractivity contribution in [1.29, 1.82) is 0 Å². The van der Waals surface area contributed by atoms with Crippen LogP contribution in [0.25, 0.3) is 0 Å². The van der Waals surface area contributed by atoms with E-state index in [1.54, 1.807) is 13.0 Å². The minimum Gasteiger partial charge on any atom is -0.449 e. The summed E-state index contributed by atoms with van der Waals surface area (Å²) in [6, 6.07) is 1.79. The molecule has 0 radical (unpaired) electrons. The minimum absolute atomic E-state index is 0.0223. The summed E-state index contributed by atoms with van der Waals surface area (Å²) in [4.78, 5) is 31.0. The molecule has 6 N–H and O–H groups in total. The first-order chi connectivity index (χ1) is 10.9. The standard InChI is InChI=1S/C15H21N5O3/c1-8-11(13(21)20-14(16)17)6-9-4-2-3-5-10(12(9)19-8)7-23-15(18)22/h6,10H,2-5,7H2,1H3,(H2,18,22)(H4,16,17,20,21). The number of aliphatic imine (C=N–C) groups is 1. The van der Waals surface area contributed by atoms with Crippen LogP contribution < -0.4 is 17.2 Å². The van der Waals surface area contributed by atoms with Gasteiger partial charge in [0.1, 0.15) is 6.61 Å². The molecule has 1 aliphatic carbocycles. The van der Waals surface area contributed by atoms with E-state index < -0.39 is 12.0 Å². The highest BCUT2D eigenvalue weighted by atomic mass is 16.5. The van der Waals surface area contributed by atoms with Gasteiger partial charge in [-0.2, -0.15) is 4.99 Å². The summed E-state index contributed by atoms with van der Waals surface area (Å²) in [5.41, 5.74) is 18.3. The molecule has 0 saturated carbocycles. The van der Waals surface area contributed by atoms with Gasteiger partial charge in [-0.05, 0) is 37.8 Å². The quantitative estimate of drug-likeness (QED) is 0.424. The van der Waals surface area contributed by atoms with Gasteiger partial charge in [0.15, 0.2) is 5.96 Å². The Morgan fingerprint density at radius 3 is 2.74 bits per heavy atom. The highest BCUT2D eigenvalue weighted by Gasteiger charge is 2.24. The lowest BCUT2D eigenvalue weighted by Crippen LogP contribution is -2.24. The van der Waals surface area contributed by atoms with Crippen molar-refractivity contribution in [2.45, 2.75) is 38.5 Å². The first kappa shape index (κ1) is 16.7. The summed E-state index contributed by atoms with van der Waals surface area (Å²) in [6.45, 7) is 1.92. The van der Waals surface area contributed by atoms with Gasteiger partial charge in [-0.1, -0.05) is 6.42 Å². The van der Waals surface area contributed by atoms with Gasteiger partial charge >= 0.3 is 6.09 Å². The molecule has 0 fully saturated rings. The zero-order chi connectivity index (χ0) is 17.0. The fraction of sp³-hybridized carbons (Fsp3) is 0.467. The molecule has 0 aliphatic heterocycles. The monoisotopic (exact) mass is 319 g/mol. The molecule has 23 heavy (non-hydrogen) atoms. The van der Waals surface area contributed by atoms with Gasteiger partial charge in [-0.3, -0.25) is 9.78 Å². The second-order valence-corrected chi connectivity index (χ2v) is 5.58. The number of fused-ring (bicyclic) bond motifs is 1. The van der Waals surface area contributed by atoms with Crippen LogP contribution in [0.4, 0.5) is 4.79 Å². The number of aryl methyl sites for hydroxylation is 2. The van der Waals surface area contributed by atoms with Crippen LogP contribution >= 0.6 is 0 Å². The van der Waals surface area contributed by atoms with Crippen molar-refractivity contribution < 1.29 is 14.3 Å². The first-order valence-electron chi connectivity index (χ1n) is 7.45. The van der Waals surface area contributed by atoms with Crippen molar-refractivity contribution in [3.63, 3.8) is 0 Å². The molecular weight excluding hydrogens is 298 g/mol. The van der Waals surface area contributed by atoms with E-state index in [1.165, 1.54) is 0 Å². The largest absolute Gasteiger partial charge is 0.449 e. The molecule has 1 unspecified atom stereocenters. The summed E-state index contributed by atoms with van der Waals surface area (Å²) in [5.74, 6) is -0.810. The SMILES string of the molecule is Cc1nc2c(cc1C(=O)N=C(N)N)CCCCC2COC(N)=O. The average molecular weight is 319 g/mol. The van der Waals surface area contributed by atoms with Crippen LogP contribution in [0.5, 0.6) is 0 Å². The van der Waals surface area contributed by atoms with E-state index in [0.29, 0.717) is 11.3 Å². The second-order valence-electron chi connectivity index (χ2n) is 5.58. The van der Waals surface area contributed by atoms with Gasteiger partial charge in [0.2, 0.25) is 0 Å². The van der Waals surface area contributed by atoms with Crippen LogP contribution in [-0.2, 0) is 11.2 Å². The molecule has 0 bridgehead atoms. The van der Waals surface area contributed by atoms with Crippen LogP contribution in [0.1, 0.15) is 52.5 Å². The second kappa shape index (κ2) is 7.08. The number of nitrogens with two attached hydrogens (primary N) is 3. The molecule has 1 aromatic heterocycles. The average Bonchev–Trinajstić information content (AvgIpc) is 2.65. The van der Waals surface area contributed by atoms with Crippen LogP contribution in [0, 0.1) is 6.92 Å². The molecule has 0 spiro atoms. The molecule has 1 heterocycles. The smallest absolute Gasteiger partial charge is 0.404 e. The molecule has 1 aliphatic rings. The summed E-state index contributed by atoms with van der Waals surface area (Å²) in [5, 5.41) is 0. The maximum atomic E-state index is 12.1. The van der Waals surface area contributed by atoms with Crippen molar-refractivity contribution in [1.82, 2.24) is 4.98 Å². The molecule has 2 amide bonds. The van der Waals surface area contributed by atoms with Crippen LogP contribution in [0.2, 0.25) is 0 Å². The van der Waals surface area contributed by atoms with E-state index in [-0.39, 0.29) is 18.5 Å². The molecule has 0 saturated heterocycles. The van der Waals surface area contributed by atoms with Crippen molar-refractivity contribution in [2.75, 3.05) is 6.61 Å². The minimum atomic E-state index is -0.799. The molecule has 0 aromatic carbocycles. The van der Waals surface area contributed by atoms with Crippen LogP contribution in [0.15, 0.2) is 11.1 Å². The Morgan fingerprint density at radius 1 is 1.35 bits per heavy atom. The molecule has 8 heteroatoms. The van der Waals surface area contributed by atoms with E-state index in [1.807, 2.05) is 0 Å². The van der Waals surface area contributed by atoms with Crippen molar-refractivity contribution >= 4 is 18.0 Å². The number of carbonyl (C=O) groups is 2. The number of rotatable bonds is 3. The zero-order valence-electron chi connectivity index (χ0n) is 13.0. The van der Waals surface area contributed by atoms with Crippen LogP contribution in [-0.4, -0.2) is 29.6 Å². The van der Waals surface area contributed by atoms with Gasteiger partial charge in [-0.15, -0.1) is 0 Å². The topological polar surface area (TPSA) is 147 Å². The highest BCUT2D eigenvalue weighted by Crippen LogP contribution is 2.31. The zero-order valence-corrected chi connectivity index (χ0v) is 13.0. The predicted molar refractivity (Wildman–Crippen MR) is 84.9 cm³/mol. The number of hydrogen-bond donors (Lipinski definition) is 3. The number of pyridine rings is 1. The molecule has 1 aromatic rings. The normalized spacial score (nSPS) is 16.8. The molecule has 124 valence electrons. The Morgan fingerprint density at radius 2 is 2.09 bits per heavy atom. The summed E-state index contributed by atoms with van der Waals surface area (Å²) >= 11 is 0. The third-order valence-corrected chi connectivity index (χ3v) is 3.85. The Bertz CT molecular complexity index is 653. The number of guanidine groups is 1. The van der Waals surface area contributed by atoms with E-state index in [2.05, 4.69) is 9.98 Å². The Hall–Kier alpha value is -2.64. The predicted octanol–water partition coefficient (Wildman–Crippen LogP) is 0.709. The van der Waals surface area contributed by atoms with Crippen molar-refractivity contribution in [2.24, 2.45) is 22.2 Å². The lowest BCUT2D eigenvalue weighted by molar-refractivity contribution is 0.100. The fourth-order valence-electron chi connectivity index (χ4n) is 2.80. The first-order valence-corrected chi connectivity index (χ1v) is 7.45. The highest BCUT2D eigenvalue weighted by molar-refractivity contribution is 6.02. The van der Waals surface area contributed by atoms with Gasteiger partial charge in [0.05, 0.1) is 17.0 Å². The summed E-state index contributed by atoms with van der Waals surface area (Å²) in [6.07, 6.45) is 2.82. The Labute approximate surface area is 134 Å². The third kappa shape index (κ3) is 4.18. The van der Waals surface area contributed by atoms with E-state index in [4.69, 9.17) is 21.9 Å². The molecular formula is C15H21N5O3. The number of hydrogen-bond acceptors (Lipinski definition) is 4.